The van der Waals surface area contributed by atoms with Crippen LogP contribution in [0.4, 0.5) is 0 Å². The van der Waals surface area contributed by atoms with Gasteiger partial charge >= 0.3 is 0 Å². The maximum absolute atomic E-state index is 12.0. The summed E-state index contributed by atoms with van der Waals surface area (Å²) in [6.07, 6.45) is 1.55. The Hall–Kier alpha value is -2.56. The zero-order valence-corrected chi connectivity index (χ0v) is 11.4. The van der Waals surface area contributed by atoms with Crippen LogP contribution in [0.5, 0.6) is 5.75 Å². The Morgan fingerprint density at radius 2 is 2.10 bits per heavy atom. The standard InChI is InChI=1S/C15H16N2O3/c1-10-3-4-12(8-13(10)20-2)15(19)17-9-11-5-6-16-14(18)7-11/h3-8H,9H2,1-2H3,(H,16,18)(H,17,19). The van der Waals surface area contributed by atoms with Gasteiger partial charge in [0.15, 0.2) is 0 Å². The van der Waals surface area contributed by atoms with E-state index >= 15 is 0 Å². The summed E-state index contributed by atoms with van der Waals surface area (Å²) in [5.41, 5.74) is 2.06. The maximum atomic E-state index is 12.0. The van der Waals surface area contributed by atoms with Gasteiger partial charge in [-0.25, -0.2) is 0 Å². The summed E-state index contributed by atoms with van der Waals surface area (Å²) in [6, 6.07) is 8.47. The molecule has 0 saturated carbocycles. The lowest BCUT2D eigenvalue weighted by molar-refractivity contribution is 0.0950. The molecule has 1 aromatic carbocycles. The summed E-state index contributed by atoms with van der Waals surface area (Å²) in [5, 5.41) is 2.77. The molecule has 1 heterocycles. The lowest BCUT2D eigenvalue weighted by Gasteiger charge is -2.08. The van der Waals surface area contributed by atoms with Crippen LogP contribution in [0.1, 0.15) is 21.5 Å². The number of rotatable bonds is 4. The maximum Gasteiger partial charge on any atom is 0.251 e. The fraction of sp³-hybridized carbons (Fsp3) is 0.200. The van der Waals surface area contributed by atoms with Gasteiger partial charge < -0.3 is 15.0 Å². The first-order valence-corrected chi connectivity index (χ1v) is 6.20. The Kier molecular flexibility index (Phi) is 4.20. The average Bonchev–Trinajstić information content (AvgIpc) is 2.45. The fourth-order valence-corrected chi connectivity index (χ4v) is 1.84. The molecule has 0 unspecified atom stereocenters. The van der Waals surface area contributed by atoms with Crippen molar-refractivity contribution in [1.29, 1.82) is 0 Å². The molecule has 5 nitrogen and oxygen atoms in total. The SMILES string of the molecule is COc1cc(C(=O)NCc2cc[nH]c(=O)c2)ccc1C. The van der Waals surface area contributed by atoms with Gasteiger partial charge in [0.25, 0.3) is 5.91 Å². The van der Waals surface area contributed by atoms with Crippen LogP contribution < -0.4 is 15.6 Å². The number of aromatic nitrogens is 1. The Morgan fingerprint density at radius 3 is 2.80 bits per heavy atom. The van der Waals surface area contributed by atoms with Crippen molar-refractivity contribution in [2.24, 2.45) is 0 Å². The van der Waals surface area contributed by atoms with E-state index in [-0.39, 0.29) is 11.5 Å². The molecule has 2 N–H and O–H groups in total. The number of benzene rings is 1. The van der Waals surface area contributed by atoms with Crippen molar-refractivity contribution in [3.63, 3.8) is 0 Å². The van der Waals surface area contributed by atoms with E-state index in [9.17, 15) is 9.59 Å². The van der Waals surface area contributed by atoms with Crippen LogP contribution >= 0.6 is 0 Å². The molecule has 0 bridgehead atoms. The first-order chi connectivity index (χ1) is 9.60. The van der Waals surface area contributed by atoms with Gasteiger partial charge in [-0.15, -0.1) is 0 Å². The molecule has 0 atom stereocenters. The molecule has 20 heavy (non-hydrogen) atoms. The van der Waals surface area contributed by atoms with Crippen LogP contribution in [0.2, 0.25) is 0 Å². The molecule has 0 aliphatic rings. The lowest BCUT2D eigenvalue weighted by atomic mass is 10.1. The third kappa shape index (κ3) is 3.26. The highest BCUT2D eigenvalue weighted by atomic mass is 16.5. The second-order valence-corrected chi connectivity index (χ2v) is 4.43. The predicted molar refractivity (Wildman–Crippen MR) is 76.0 cm³/mol. The quantitative estimate of drug-likeness (QED) is 0.888. The van der Waals surface area contributed by atoms with Crippen molar-refractivity contribution < 1.29 is 9.53 Å². The minimum atomic E-state index is -0.205. The summed E-state index contributed by atoms with van der Waals surface area (Å²) in [7, 11) is 1.57. The van der Waals surface area contributed by atoms with Crippen molar-refractivity contribution in [3.05, 3.63) is 63.6 Å². The number of carbonyl (C=O) groups is 1. The normalized spacial score (nSPS) is 10.1. The number of hydrogen-bond donors (Lipinski definition) is 2. The van der Waals surface area contributed by atoms with Gasteiger partial charge in [0, 0.05) is 24.4 Å². The molecule has 1 aromatic heterocycles. The first-order valence-electron chi connectivity index (χ1n) is 6.20. The first kappa shape index (κ1) is 13.9. The molecule has 0 aliphatic carbocycles. The number of pyridine rings is 1. The lowest BCUT2D eigenvalue weighted by Crippen LogP contribution is -2.23. The van der Waals surface area contributed by atoms with Gasteiger partial charge in [-0.3, -0.25) is 9.59 Å². The number of methoxy groups -OCH3 is 1. The number of ether oxygens (including phenoxy) is 1. The summed E-state index contributed by atoms with van der Waals surface area (Å²) < 4.78 is 5.19. The monoisotopic (exact) mass is 272 g/mol. The smallest absolute Gasteiger partial charge is 0.251 e. The van der Waals surface area contributed by atoms with Crippen molar-refractivity contribution in [2.45, 2.75) is 13.5 Å². The van der Waals surface area contributed by atoms with E-state index in [4.69, 9.17) is 4.74 Å². The van der Waals surface area contributed by atoms with Crippen LogP contribution in [0, 0.1) is 6.92 Å². The molecule has 5 heteroatoms. The minimum absolute atomic E-state index is 0.186. The largest absolute Gasteiger partial charge is 0.496 e. The molecule has 0 spiro atoms. The van der Waals surface area contributed by atoms with E-state index in [1.807, 2.05) is 13.0 Å². The third-order valence-corrected chi connectivity index (χ3v) is 2.96. The summed E-state index contributed by atoms with van der Waals surface area (Å²) >= 11 is 0. The van der Waals surface area contributed by atoms with Crippen LogP contribution in [0.25, 0.3) is 0 Å². The highest BCUT2D eigenvalue weighted by molar-refractivity contribution is 5.94. The second kappa shape index (κ2) is 6.06. The molecule has 0 fully saturated rings. The molecule has 0 saturated heterocycles. The number of aryl methyl sites for hydroxylation is 1. The number of hydrogen-bond acceptors (Lipinski definition) is 3. The minimum Gasteiger partial charge on any atom is -0.496 e. The van der Waals surface area contributed by atoms with E-state index < -0.39 is 0 Å². The average molecular weight is 272 g/mol. The topological polar surface area (TPSA) is 71.2 Å². The van der Waals surface area contributed by atoms with E-state index in [2.05, 4.69) is 10.3 Å². The van der Waals surface area contributed by atoms with Gasteiger partial charge in [0.05, 0.1) is 7.11 Å². The summed E-state index contributed by atoms with van der Waals surface area (Å²) in [4.78, 5) is 25.7. The Labute approximate surface area is 116 Å². The number of nitrogens with one attached hydrogen (secondary N) is 2. The number of aromatic amines is 1. The van der Waals surface area contributed by atoms with Crippen molar-refractivity contribution in [2.75, 3.05) is 7.11 Å². The van der Waals surface area contributed by atoms with Crippen LogP contribution in [0.15, 0.2) is 41.3 Å². The molecule has 2 rings (SSSR count). The van der Waals surface area contributed by atoms with Gasteiger partial charge in [0.1, 0.15) is 5.75 Å². The highest BCUT2D eigenvalue weighted by Gasteiger charge is 2.08. The van der Waals surface area contributed by atoms with E-state index in [0.29, 0.717) is 17.9 Å². The van der Waals surface area contributed by atoms with Gasteiger partial charge in [-0.1, -0.05) is 6.07 Å². The van der Waals surface area contributed by atoms with E-state index in [0.717, 1.165) is 11.1 Å². The third-order valence-electron chi connectivity index (χ3n) is 2.96. The zero-order chi connectivity index (χ0) is 14.5. The van der Waals surface area contributed by atoms with E-state index in [1.165, 1.54) is 6.07 Å². The zero-order valence-electron chi connectivity index (χ0n) is 11.4. The Morgan fingerprint density at radius 1 is 1.30 bits per heavy atom. The van der Waals surface area contributed by atoms with Crippen LogP contribution in [-0.4, -0.2) is 18.0 Å². The molecule has 0 aliphatic heterocycles. The Bertz CT molecular complexity index is 677. The van der Waals surface area contributed by atoms with Crippen molar-refractivity contribution >= 4 is 5.91 Å². The Balaban J connectivity index is 2.07. The second-order valence-electron chi connectivity index (χ2n) is 4.43. The molecule has 104 valence electrons. The van der Waals surface area contributed by atoms with Gasteiger partial charge in [-0.05, 0) is 36.2 Å². The fourth-order valence-electron chi connectivity index (χ4n) is 1.84. The van der Waals surface area contributed by atoms with Crippen LogP contribution in [0.3, 0.4) is 0 Å². The van der Waals surface area contributed by atoms with Crippen molar-refractivity contribution in [3.8, 4) is 5.75 Å². The number of H-pyrrole nitrogens is 1. The molecular weight excluding hydrogens is 256 g/mol. The molecular formula is C15H16N2O3. The predicted octanol–water partition coefficient (Wildman–Crippen LogP) is 1.62. The van der Waals surface area contributed by atoms with E-state index in [1.54, 1.807) is 31.5 Å². The van der Waals surface area contributed by atoms with Crippen molar-refractivity contribution in [1.82, 2.24) is 10.3 Å². The van der Waals surface area contributed by atoms with Gasteiger partial charge in [-0.2, -0.15) is 0 Å². The molecule has 1 amide bonds. The molecule has 0 radical (unpaired) electrons. The summed E-state index contributed by atoms with van der Waals surface area (Å²) in [6.45, 7) is 2.22. The highest BCUT2D eigenvalue weighted by Crippen LogP contribution is 2.18. The molecule has 2 aromatic rings. The van der Waals surface area contributed by atoms with Crippen LogP contribution in [-0.2, 0) is 6.54 Å². The number of carbonyl (C=O) groups excluding carboxylic acids is 1. The number of amides is 1. The summed E-state index contributed by atoms with van der Waals surface area (Å²) in [5.74, 6) is 0.470. The van der Waals surface area contributed by atoms with Gasteiger partial charge in [0.2, 0.25) is 5.56 Å².